The highest BCUT2D eigenvalue weighted by Gasteiger charge is 2.17. The monoisotopic (exact) mass is 330 g/mol. The Labute approximate surface area is 124 Å². The van der Waals surface area contributed by atoms with Gasteiger partial charge < -0.3 is 9.29 Å². The van der Waals surface area contributed by atoms with Gasteiger partial charge in [0.2, 0.25) is 0 Å². The van der Waals surface area contributed by atoms with E-state index in [2.05, 4.69) is 15.6 Å². The SMILES string of the molecule is Cc1c(C#C[Si](C)(C)C)cc(OS(=O)(=O)F)cc1C(=O)O. The number of aromatic carboxylic acids is 1. The van der Waals surface area contributed by atoms with Crippen molar-refractivity contribution < 1.29 is 26.4 Å². The molecule has 0 unspecified atom stereocenters. The molecule has 0 aliphatic heterocycles. The summed E-state index contributed by atoms with van der Waals surface area (Å²) < 4.78 is 37.8. The average Bonchev–Trinajstić information content (AvgIpc) is 2.25. The number of carboxylic acids is 1. The Bertz CT molecular complexity index is 738. The van der Waals surface area contributed by atoms with Crippen LogP contribution >= 0.6 is 0 Å². The molecule has 8 heteroatoms. The van der Waals surface area contributed by atoms with Crippen LogP contribution < -0.4 is 4.18 Å². The summed E-state index contributed by atoms with van der Waals surface area (Å²) in [5.41, 5.74) is 3.52. The van der Waals surface area contributed by atoms with E-state index in [1.165, 1.54) is 6.07 Å². The Hall–Kier alpha value is -1.85. The van der Waals surface area contributed by atoms with Crippen molar-refractivity contribution >= 4 is 24.5 Å². The molecular formula is C13H15FO5SSi. The molecule has 21 heavy (non-hydrogen) atoms. The fourth-order valence-corrected chi connectivity index (χ4v) is 2.29. The van der Waals surface area contributed by atoms with Crippen LogP contribution in [0.25, 0.3) is 0 Å². The zero-order valence-electron chi connectivity index (χ0n) is 12.0. The topological polar surface area (TPSA) is 80.7 Å². The zero-order valence-corrected chi connectivity index (χ0v) is 13.8. The molecule has 1 aromatic carbocycles. The van der Waals surface area contributed by atoms with Gasteiger partial charge in [0.15, 0.2) is 0 Å². The van der Waals surface area contributed by atoms with Gasteiger partial charge in [0.1, 0.15) is 13.8 Å². The van der Waals surface area contributed by atoms with Gasteiger partial charge in [-0.25, -0.2) is 4.79 Å². The number of hydrogen-bond acceptors (Lipinski definition) is 4. The van der Waals surface area contributed by atoms with E-state index in [1.54, 1.807) is 6.92 Å². The summed E-state index contributed by atoms with van der Waals surface area (Å²) in [5.74, 6) is 1.14. The fraction of sp³-hybridized carbons (Fsp3) is 0.308. The normalized spacial score (nSPS) is 11.5. The maximum Gasteiger partial charge on any atom is 0.488 e. The third-order valence-corrected chi connectivity index (χ3v) is 3.65. The van der Waals surface area contributed by atoms with Gasteiger partial charge in [-0.3, -0.25) is 0 Å². The van der Waals surface area contributed by atoms with Crippen molar-refractivity contribution in [1.82, 2.24) is 0 Å². The average molecular weight is 330 g/mol. The molecule has 0 spiro atoms. The van der Waals surface area contributed by atoms with E-state index in [0.717, 1.165) is 6.07 Å². The largest absolute Gasteiger partial charge is 0.488 e. The summed E-state index contributed by atoms with van der Waals surface area (Å²) in [5, 5.41) is 9.10. The zero-order chi connectivity index (χ0) is 16.4. The lowest BCUT2D eigenvalue weighted by molar-refractivity contribution is 0.0695. The van der Waals surface area contributed by atoms with E-state index < -0.39 is 30.3 Å². The van der Waals surface area contributed by atoms with Crippen LogP contribution in [0.3, 0.4) is 0 Å². The minimum absolute atomic E-state index is 0.184. The molecule has 1 N–H and O–H groups in total. The molecule has 0 atom stereocenters. The molecule has 5 nitrogen and oxygen atoms in total. The lowest BCUT2D eigenvalue weighted by Gasteiger charge is -2.09. The van der Waals surface area contributed by atoms with E-state index in [0.29, 0.717) is 11.1 Å². The molecule has 0 heterocycles. The van der Waals surface area contributed by atoms with Crippen molar-refractivity contribution in [3.63, 3.8) is 0 Å². The second kappa shape index (κ2) is 5.87. The maximum atomic E-state index is 12.6. The third kappa shape index (κ3) is 5.57. The molecule has 1 rings (SSSR count). The number of halogens is 1. The predicted molar refractivity (Wildman–Crippen MR) is 79.0 cm³/mol. The summed E-state index contributed by atoms with van der Waals surface area (Å²) in [6.45, 7) is 7.55. The van der Waals surface area contributed by atoms with Crippen LogP contribution in [-0.4, -0.2) is 27.6 Å². The lowest BCUT2D eigenvalue weighted by Crippen LogP contribution is -2.16. The Morgan fingerprint density at radius 1 is 1.33 bits per heavy atom. The smallest absolute Gasteiger partial charge is 0.478 e. The van der Waals surface area contributed by atoms with Crippen LogP contribution in [0.2, 0.25) is 19.6 Å². The summed E-state index contributed by atoms with van der Waals surface area (Å²) in [7, 11) is -6.94. The molecule has 0 aliphatic rings. The second-order valence-corrected chi connectivity index (χ2v) is 11.1. The van der Waals surface area contributed by atoms with Crippen molar-refractivity contribution in [2.45, 2.75) is 26.6 Å². The predicted octanol–water partition coefficient (Wildman–Crippen LogP) is 2.52. The molecule has 0 aliphatic carbocycles. The van der Waals surface area contributed by atoms with Gasteiger partial charge in [-0.2, -0.15) is 8.42 Å². The quantitative estimate of drug-likeness (QED) is 0.523. The summed E-state index contributed by atoms with van der Waals surface area (Å²) >= 11 is 0. The van der Waals surface area contributed by atoms with Gasteiger partial charge in [0, 0.05) is 5.56 Å². The van der Waals surface area contributed by atoms with Gasteiger partial charge >= 0.3 is 16.5 Å². The third-order valence-electron chi connectivity index (χ3n) is 2.38. The van der Waals surface area contributed by atoms with Crippen LogP contribution in [0.15, 0.2) is 12.1 Å². The summed E-state index contributed by atoms with van der Waals surface area (Å²) in [6, 6.07) is 2.17. The van der Waals surface area contributed by atoms with E-state index in [-0.39, 0.29) is 5.56 Å². The highest BCUT2D eigenvalue weighted by molar-refractivity contribution is 7.81. The molecule has 114 valence electrons. The molecule has 0 saturated carbocycles. The minimum atomic E-state index is -5.23. The van der Waals surface area contributed by atoms with Crippen LogP contribution in [-0.2, 0) is 10.5 Å². The Morgan fingerprint density at radius 3 is 2.33 bits per heavy atom. The van der Waals surface area contributed by atoms with Crippen molar-refractivity contribution in [3.05, 3.63) is 28.8 Å². The Kier molecular flexibility index (Phi) is 4.81. The van der Waals surface area contributed by atoms with Gasteiger partial charge in [-0.15, -0.1) is 5.54 Å². The highest BCUT2D eigenvalue weighted by Crippen LogP contribution is 2.23. The van der Waals surface area contributed by atoms with Crippen LogP contribution in [0, 0.1) is 18.4 Å². The van der Waals surface area contributed by atoms with E-state index in [1.807, 2.05) is 19.6 Å². The Morgan fingerprint density at radius 2 is 1.90 bits per heavy atom. The Balaban J connectivity index is 3.48. The number of rotatable bonds is 3. The van der Waals surface area contributed by atoms with E-state index in [9.17, 15) is 17.1 Å². The minimum Gasteiger partial charge on any atom is -0.478 e. The van der Waals surface area contributed by atoms with Gasteiger partial charge in [-0.05, 0) is 24.6 Å². The maximum absolute atomic E-state index is 12.6. The first kappa shape index (κ1) is 17.2. The molecule has 0 fully saturated rings. The first-order valence-corrected chi connectivity index (χ1v) is 10.7. The van der Waals surface area contributed by atoms with Crippen molar-refractivity contribution in [3.8, 4) is 17.2 Å². The molecule has 1 aromatic rings. The van der Waals surface area contributed by atoms with Crippen molar-refractivity contribution in [2.75, 3.05) is 0 Å². The standard InChI is InChI=1S/C13H15FO5SSi/c1-9-10(5-6-21(2,3)4)7-11(19-20(14,17)18)8-12(9)13(15)16/h7-8H,1-4H3,(H,15,16). The van der Waals surface area contributed by atoms with Crippen molar-refractivity contribution in [2.24, 2.45) is 0 Å². The molecule has 0 aromatic heterocycles. The number of hydrogen-bond donors (Lipinski definition) is 1. The molecule has 0 amide bonds. The summed E-state index contributed by atoms with van der Waals surface area (Å²) in [4.78, 5) is 11.2. The molecule has 0 radical (unpaired) electrons. The number of carboxylic acid groups (broad SMARTS) is 1. The van der Waals surface area contributed by atoms with Crippen LogP contribution in [0.5, 0.6) is 5.75 Å². The second-order valence-electron chi connectivity index (χ2n) is 5.42. The van der Waals surface area contributed by atoms with Gasteiger partial charge in [0.25, 0.3) is 0 Å². The van der Waals surface area contributed by atoms with Crippen LogP contribution in [0.1, 0.15) is 21.5 Å². The first-order valence-electron chi connectivity index (χ1n) is 5.94. The van der Waals surface area contributed by atoms with Crippen LogP contribution in [0.4, 0.5) is 3.89 Å². The molecular weight excluding hydrogens is 315 g/mol. The molecule has 0 saturated heterocycles. The highest BCUT2D eigenvalue weighted by atomic mass is 32.3. The lowest BCUT2D eigenvalue weighted by atomic mass is 10.0. The van der Waals surface area contributed by atoms with Crippen molar-refractivity contribution in [1.29, 1.82) is 0 Å². The van der Waals surface area contributed by atoms with E-state index >= 15 is 0 Å². The van der Waals surface area contributed by atoms with E-state index in [4.69, 9.17) is 5.11 Å². The summed E-state index contributed by atoms with van der Waals surface area (Å²) in [6.07, 6.45) is 0. The molecule has 0 bridgehead atoms. The number of carbonyl (C=O) groups is 1. The first-order chi connectivity index (χ1) is 9.39. The fourth-order valence-electron chi connectivity index (χ4n) is 1.46. The number of benzene rings is 1. The van der Waals surface area contributed by atoms with Gasteiger partial charge in [0.05, 0.1) is 5.56 Å². The van der Waals surface area contributed by atoms with Gasteiger partial charge in [-0.1, -0.05) is 29.4 Å².